The fourth-order valence-corrected chi connectivity index (χ4v) is 2.23. The standard InChI is InChI=1S/C16H15N3O3/c1-2-3-7-13-15(16(21)22)14(20)10-18-19(13)12-6-4-5-11(8-12)9-17/h4-6,8,10H,2-3,7H2,1H3,(H,21,22). The van der Waals surface area contributed by atoms with E-state index >= 15 is 0 Å². The summed E-state index contributed by atoms with van der Waals surface area (Å²) >= 11 is 0. The largest absolute Gasteiger partial charge is 0.477 e. The summed E-state index contributed by atoms with van der Waals surface area (Å²) < 4.78 is 1.43. The lowest BCUT2D eigenvalue weighted by molar-refractivity contribution is 0.0693. The molecule has 2 aromatic rings. The Bertz CT molecular complexity index is 803. The maximum atomic E-state index is 11.8. The van der Waals surface area contributed by atoms with E-state index in [0.717, 1.165) is 19.0 Å². The number of unbranched alkanes of at least 4 members (excludes halogenated alkanes) is 1. The number of carboxylic acid groups (broad SMARTS) is 1. The van der Waals surface area contributed by atoms with Crippen molar-refractivity contribution in [2.24, 2.45) is 0 Å². The maximum absolute atomic E-state index is 11.8. The van der Waals surface area contributed by atoms with Crippen molar-refractivity contribution in [3.63, 3.8) is 0 Å². The van der Waals surface area contributed by atoms with Crippen molar-refractivity contribution < 1.29 is 9.90 Å². The Morgan fingerprint density at radius 3 is 2.86 bits per heavy atom. The summed E-state index contributed by atoms with van der Waals surface area (Å²) in [5.74, 6) is -1.26. The highest BCUT2D eigenvalue weighted by molar-refractivity contribution is 5.88. The number of hydrogen-bond donors (Lipinski definition) is 1. The van der Waals surface area contributed by atoms with Crippen molar-refractivity contribution in [2.45, 2.75) is 26.2 Å². The first-order valence-corrected chi connectivity index (χ1v) is 6.93. The van der Waals surface area contributed by atoms with Gasteiger partial charge in [-0.05, 0) is 31.0 Å². The van der Waals surface area contributed by atoms with Crippen LogP contribution < -0.4 is 5.43 Å². The molecule has 0 aliphatic heterocycles. The van der Waals surface area contributed by atoms with Gasteiger partial charge in [-0.1, -0.05) is 19.4 Å². The van der Waals surface area contributed by atoms with Crippen LogP contribution >= 0.6 is 0 Å². The summed E-state index contributed by atoms with van der Waals surface area (Å²) in [6.45, 7) is 1.98. The minimum Gasteiger partial charge on any atom is -0.477 e. The Morgan fingerprint density at radius 2 is 2.23 bits per heavy atom. The average molecular weight is 297 g/mol. The predicted octanol–water partition coefficient (Wildman–Crippen LogP) is 2.14. The van der Waals surface area contributed by atoms with Gasteiger partial charge in [0.25, 0.3) is 0 Å². The molecule has 0 saturated heterocycles. The van der Waals surface area contributed by atoms with Gasteiger partial charge < -0.3 is 5.11 Å². The molecule has 6 heteroatoms. The van der Waals surface area contributed by atoms with Crippen molar-refractivity contribution in [1.29, 1.82) is 5.26 Å². The van der Waals surface area contributed by atoms with Gasteiger partial charge in [0.05, 0.1) is 29.2 Å². The zero-order valence-electron chi connectivity index (χ0n) is 12.1. The summed E-state index contributed by atoms with van der Waals surface area (Å²) in [7, 11) is 0. The van der Waals surface area contributed by atoms with Gasteiger partial charge in [0.15, 0.2) is 0 Å². The smallest absolute Gasteiger partial charge is 0.341 e. The van der Waals surface area contributed by atoms with Gasteiger partial charge in [-0.15, -0.1) is 0 Å². The van der Waals surface area contributed by atoms with E-state index in [9.17, 15) is 14.7 Å². The number of carboxylic acids is 1. The molecule has 112 valence electrons. The van der Waals surface area contributed by atoms with E-state index in [1.807, 2.05) is 13.0 Å². The number of benzene rings is 1. The zero-order valence-corrected chi connectivity index (χ0v) is 12.1. The Balaban J connectivity index is 2.69. The van der Waals surface area contributed by atoms with E-state index in [1.165, 1.54) is 4.68 Å². The molecule has 22 heavy (non-hydrogen) atoms. The van der Waals surface area contributed by atoms with E-state index in [-0.39, 0.29) is 5.56 Å². The quantitative estimate of drug-likeness (QED) is 0.912. The van der Waals surface area contributed by atoms with Gasteiger partial charge in [0.1, 0.15) is 5.56 Å². The van der Waals surface area contributed by atoms with Gasteiger partial charge in [0.2, 0.25) is 5.43 Å². The summed E-state index contributed by atoms with van der Waals surface area (Å²) in [5, 5.41) is 22.4. The van der Waals surface area contributed by atoms with Crippen molar-refractivity contribution in [2.75, 3.05) is 0 Å². The number of nitrogens with zero attached hydrogens (tertiary/aromatic N) is 3. The average Bonchev–Trinajstić information content (AvgIpc) is 2.52. The van der Waals surface area contributed by atoms with E-state index in [0.29, 0.717) is 23.4 Å². The molecular weight excluding hydrogens is 282 g/mol. The number of rotatable bonds is 5. The van der Waals surface area contributed by atoms with Crippen LogP contribution in [0.15, 0.2) is 35.3 Å². The van der Waals surface area contributed by atoms with Crippen LogP contribution in [0.25, 0.3) is 5.69 Å². The van der Waals surface area contributed by atoms with Crippen LogP contribution in [0.3, 0.4) is 0 Å². The monoisotopic (exact) mass is 297 g/mol. The highest BCUT2D eigenvalue weighted by atomic mass is 16.4. The lowest BCUT2D eigenvalue weighted by Crippen LogP contribution is -2.24. The van der Waals surface area contributed by atoms with Crippen molar-refractivity contribution in [1.82, 2.24) is 9.78 Å². The van der Waals surface area contributed by atoms with Crippen LogP contribution in [0.1, 0.15) is 41.4 Å². The number of aromatic carboxylic acids is 1. The minimum atomic E-state index is -1.26. The molecular formula is C16H15N3O3. The van der Waals surface area contributed by atoms with Crippen LogP contribution in [-0.2, 0) is 6.42 Å². The molecule has 6 nitrogen and oxygen atoms in total. The first kappa shape index (κ1) is 15.4. The van der Waals surface area contributed by atoms with Gasteiger partial charge >= 0.3 is 5.97 Å². The Morgan fingerprint density at radius 1 is 1.45 bits per heavy atom. The lowest BCUT2D eigenvalue weighted by atomic mass is 10.1. The molecule has 0 amide bonds. The first-order valence-electron chi connectivity index (χ1n) is 6.93. The molecule has 0 fully saturated rings. The third-order valence-electron chi connectivity index (χ3n) is 3.28. The summed E-state index contributed by atoms with van der Waals surface area (Å²) in [6.07, 6.45) is 3.03. The molecule has 1 aromatic carbocycles. The maximum Gasteiger partial charge on any atom is 0.341 e. The van der Waals surface area contributed by atoms with Crippen LogP contribution in [0.4, 0.5) is 0 Å². The molecule has 0 spiro atoms. The molecule has 0 aliphatic rings. The molecule has 1 heterocycles. The second-order valence-electron chi connectivity index (χ2n) is 4.81. The molecule has 0 saturated carbocycles. The highest BCUT2D eigenvalue weighted by Gasteiger charge is 2.19. The number of carbonyl (C=O) groups is 1. The molecule has 0 aliphatic carbocycles. The second-order valence-corrected chi connectivity index (χ2v) is 4.81. The Hall–Kier alpha value is -2.94. The van der Waals surface area contributed by atoms with Crippen LogP contribution in [0.2, 0.25) is 0 Å². The Kier molecular flexibility index (Phi) is 4.69. The zero-order chi connectivity index (χ0) is 16.1. The summed E-state index contributed by atoms with van der Waals surface area (Å²) in [5.41, 5.74) is 0.498. The Labute approximate surface area is 127 Å². The molecule has 2 rings (SSSR count). The second kappa shape index (κ2) is 6.68. The molecule has 0 bridgehead atoms. The van der Waals surface area contributed by atoms with E-state index in [1.54, 1.807) is 24.3 Å². The molecule has 1 aromatic heterocycles. The van der Waals surface area contributed by atoms with Crippen LogP contribution in [0.5, 0.6) is 0 Å². The van der Waals surface area contributed by atoms with Gasteiger partial charge in [-0.3, -0.25) is 4.79 Å². The van der Waals surface area contributed by atoms with Gasteiger partial charge in [-0.2, -0.15) is 10.4 Å². The third-order valence-corrected chi connectivity index (χ3v) is 3.28. The summed E-state index contributed by atoms with van der Waals surface area (Å²) in [4.78, 5) is 23.3. The molecule has 1 N–H and O–H groups in total. The SMILES string of the molecule is CCCCc1c(C(=O)O)c(=O)cnn1-c1cccc(C#N)c1. The number of hydrogen-bond acceptors (Lipinski definition) is 4. The first-order chi connectivity index (χ1) is 10.6. The number of nitriles is 1. The van der Waals surface area contributed by atoms with Crippen LogP contribution in [-0.4, -0.2) is 20.9 Å². The normalized spacial score (nSPS) is 10.2. The minimum absolute atomic E-state index is 0.259. The van der Waals surface area contributed by atoms with Crippen molar-refractivity contribution in [3.05, 3.63) is 57.5 Å². The fourth-order valence-electron chi connectivity index (χ4n) is 2.23. The van der Waals surface area contributed by atoms with E-state index in [4.69, 9.17) is 5.26 Å². The predicted molar refractivity (Wildman–Crippen MR) is 80.1 cm³/mol. The lowest BCUT2D eigenvalue weighted by Gasteiger charge is -2.14. The molecule has 0 atom stereocenters. The molecule has 0 unspecified atom stereocenters. The van der Waals surface area contributed by atoms with Crippen molar-refractivity contribution in [3.8, 4) is 11.8 Å². The third kappa shape index (κ3) is 3.04. The van der Waals surface area contributed by atoms with E-state index < -0.39 is 11.4 Å². The van der Waals surface area contributed by atoms with Gasteiger partial charge in [0, 0.05) is 0 Å². The fraction of sp³-hybridized carbons (Fsp3) is 0.250. The van der Waals surface area contributed by atoms with Gasteiger partial charge in [-0.25, -0.2) is 9.48 Å². The topological polar surface area (TPSA) is 96.0 Å². The van der Waals surface area contributed by atoms with Crippen molar-refractivity contribution >= 4 is 5.97 Å². The highest BCUT2D eigenvalue weighted by Crippen LogP contribution is 2.15. The van der Waals surface area contributed by atoms with E-state index in [2.05, 4.69) is 5.10 Å². The summed E-state index contributed by atoms with van der Waals surface area (Å²) in [6, 6.07) is 8.70. The molecule has 0 radical (unpaired) electrons. The van der Waals surface area contributed by atoms with Crippen LogP contribution in [0, 0.1) is 11.3 Å². The number of aromatic nitrogens is 2.